The summed E-state index contributed by atoms with van der Waals surface area (Å²) in [5, 5.41) is 4.52. The summed E-state index contributed by atoms with van der Waals surface area (Å²) >= 11 is 0. The van der Waals surface area contributed by atoms with Crippen molar-refractivity contribution in [3.63, 3.8) is 0 Å². The third kappa shape index (κ3) is 4.01. The summed E-state index contributed by atoms with van der Waals surface area (Å²) < 4.78 is 3.10. The first-order chi connectivity index (χ1) is 14.0. The highest BCUT2D eigenvalue weighted by molar-refractivity contribution is 5.79. The number of hydrogen-bond donors (Lipinski definition) is 0. The van der Waals surface area contributed by atoms with Crippen LogP contribution in [0.2, 0.25) is 0 Å². The van der Waals surface area contributed by atoms with Gasteiger partial charge < -0.3 is 4.90 Å². The van der Waals surface area contributed by atoms with Gasteiger partial charge in [-0.15, -0.1) is 0 Å². The Morgan fingerprint density at radius 1 is 1.07 bits per heavy atom. The van der Waals surface area contributed by atoms with E-state index in [1.165, 1.54) is 10.2 Å². The molecule has 0 radical (unpaired) electrons. The van der Waals surface area contributed by atoms with Gasteiger partial charge in [-0.3, -0.25) is 4.79 Å². The summed E-state index contributed by atoms with van der Waals surface area (Å²) in [5.74, 6) is 1.11. The van der Waals surface area contributed by atoms with E-state index in [1.807, 2.05) is 60.4 Å². The molecule has 1 amide bonds. The highest BCUT2D eigenvalue weighted by Crippen LogP contribution is 2.28. The van der Waals surface area contributed by atoms with Crippen molar-refractivity contribution in [3.05, 3.63) is 82.0 Å². The first-order valence-corrected chi connectivity index (χ1v) is 10.1. The Bertz CT molecular complexity index is 1060. The fraction of sp³-hybridized carbons (Fsp3) is 0.348. The highest BCUT2D eigenvalue weighted by Gasteiger charge is 2.28. The Hall–Kier alpha value is -3.15. The number of carbonyl (C=O) groups excluding carboxylic acids is 1. The molecule has 0 saturated carbocycles. The minimum atomic E-state index is -0.135. The molecule has 6 heteroatoms. The molecule has 6 nitrogen and oxygen atoms in total. The number of amides is 1. The van der Waals surface area contributed by atoms with Crippen LogP contribution < -0.4 is 5.69 Å². The Morgan fingerprint density at radius 3 is 2.48 bits per heavy atom. The zero-order chi connectivity index (χ0) is 20.4. The molecule has 2 aromatic carbocycles. The van der Waals surface area contributed by atoms with Gasteiger partial charge in [-0.1, -0.05) is 48.0 Å². The van der Waals surface area contributed by atoms with E-state index in [1.54, 1.807) is 11.6 Å². The van der Waals surface area contributed by atoms with Gasteiger partial charge in [0.15, 0.2) is 0 Å². The average molecular weight is 390 g/mol. The predicted octanol–water partition coefficient (Wildman–Crippen LogP) is 2.83. The lowest BCUT2D eigenvalue weighted by Crippen LogP contribution is -2.39. The Balaban J connectivity index is 1.47. The number of para-hydroxylation sites is 1. The molecule has 1 aliphatic heterocycles. The van der Waals surface area contributed by atoms with Crippen LogP contribution in [0, 0.1) is 6.92 Å². The Morgan fingerprint density at radius 2 is 1.79 bits per heavy atom. The largest absolute Gasteiger partial charge is 0.350 e. The zero-order valence-corrected chi connectivity index (χ0v) is 16.9. The maximum absolute atomic E-state index is 12.7. The van der Waals surface area contributed by atoms with Crippen LogP contribution in [0.25, 0.3) is 5.69 Å². The van der Waals surface area contributed by atoms with Gasteiger partial charge in [-0.25, -0.2) is 14.0 Å². The summed E-state index contributed by atoms with van der Waals surface area (Å²) in [6, 6.07) is 17.7. The van der Waals surface area contributed by atoms with E-state index in [9.17, 15) is 9.59 Å². The van der Waals surface area contributed by atoms with E-state index in [4.69, 9.17) is 0 Å². The zero-order valence-electron chi connectivity index (χ0n) is 16.9. The van der Waals surface area contributed by atoms with Gasteiger partial charge >= 0.3 is 5.69 Å². The van der Waals surface area contributed by atoms with Crippen molar-refractivity contribution in [1.82, 2.24) is 19.2 Å². The van der Waals surface area contributed by atoms with E-state index < -0.39 is 0 Å². The third-order valence-corrected chi connectivity index (χ3v) is 5.61. The second-order valence-corrected chi connectivity index (χ2v) is 7.76. The second-order valence-electron chi connectivity index (χ2n) is 7.76. The summed E-state index contributed by atoms with van der Waals surface area (Å²) in [7, 11) is 1.69. The number of aromatic nitrogens is 3. The molecule has 3 aromatic rings. The maximum atomic E-state index is 12.7. The van der Waals surface area contributed by atoms with Crippen molar-refractivity contribution in [3.8, 4) is 5.69 Å². The molecular formula is C23H26N4O2. The standard InChI is InChI=1S/C23H26N4O2/c1-17-7-6-8-18(15-17)16-21(28)26-13-11-19(12-14-26)22-24-25(2)23(29)27(22)20-9-4-3-5-10-20/h3-10,15,19H,11-14,16H2,1-2H3. The van der Waals surface area contributed by atoms with Gasteiger partial charge in [-0.05, 0) is 37.5 Å². The molecule has 1 saturated heterocycles. The molecule has 4 rings (SSSR count). The lowest BCUT2D eigenvalue weighted by atomic mass is 9.95. The van der Waals surface area contributed by atoms with Crippen LogP contribution in [-0.4, -0.2) is 38.2 Å². The molecule has 0 bridgehead atoms. The number of hydrogen-bond acceptors (Lipinski definition) is 3. The van der Waals surface area contributed by atoms with Crippen LogP contribution >= 0.6 is 0 Å². The van der Waals surface area contributed by atoms with E-state index in [0.717, 1.165) is 29.9 Å². The van der Waals surface area contributed by atoms with Gasteiger partial charge in [0.05, 0.1) is 12.1 Å². The van der Waals surface area contributed by atoms with Crippen molar-refractivity contribution < 1.29 is 4.79 Å². The number of rotatable bonds is 4. The Kier molecular flexibility index (Phi) is 5.34. The molecule has 0 N–H and O–H groups in total. The predicted molar refractivity (Wildman–Crippen MR) is 112 cm³/mol. The fourth-order valence-electron chi connectivity index (χ4n) is 4.06. The topological polar surface area (TPSA) is 60.1 Å². The first-order valence-electron chi connectivity index (χ1n) is 10.1. The van der Waals surface area contributed by atoms with Gasteiger partial charge in [0, 0.05) is 26.1 Å². The molecule has 0 atom stereocenters. The number of aryl methyl sites for hydroxylation is 2. The number of carbonyl (C=O) groups is 1. The van der Waals surface area contributed by atoms with Crippen molar-refractivity contribution in [2.45, 2.75) is 32.1 Å². The smallest absolute Gasteiger partial charge is 0.342 e. The van der Waals surface area contributed by atoms with Crippen molar-refractivity contribution in [2.75, 3.05) is 13.1 Å². The van der Waals surface area contributed by atoms with E-state index >= 15 is 0 Å². The van der Waals surface area contributed by atoms with E-state index in [2.05, 4.69) is 11.2 Å². The molecule has 0 spiro atoms. The molecule has 1 fully saturated rings. The highest BCUT2D eigenvalue weighted by atomic mass is 16.2. The van der Waals surface area contributed by atoms with Crippen LogP contribution in [0.4, 0.5) is 0 Å². The van der Waals surface area contributed by atoms with Crippen molar-refractivity contribution in [1.29, 1.82) is 0 Å². The summed E-state index contributed by atoms with van der Waals surface area (Å²) in [6.45, 7) is 3.42. The molecule has 1 aromatic heterocycles. The van der Waals surface area contributed by atoms with Crippen molar-refractivity contribution in [2.24, 2.45) is 7.05 Å². The number of piperidine rings is 1. The molecule has 1 aliphatic rings. The summed E-state index contributed by atoms with van der Waals surface area (Å²) in [6.07, 6.45) is 2.05. The summed E-state index contributed by atoms with van der Waals surface area (Å²) in [4.78, 5) is 27.3. The minimum Gasteiger partial charge on any atom is -0.342 e. The van der Waals surface area contributed by atoms with Crippen LogP contribution in [-0.2, 0) is 18.3 Å². The van der Waals surface area contributed by atoms with Crippen molar-refractivity contribution >= 4 is 5.91 Å². The quantitative estimate of drug-likeness (QED) is 0.688. The maximum Gasteiger partial charge on any atom is 0.350 e. The lowest BCUT2D eigenvalue weighted by molar-refractivity contribution is -0.131. The van der Waals surface area contributed by atoms with Crippen LogP contribution in [0.5, 0.6) is 0 Å². The van der Waals surface area contributed by atoms with Gasteiger partial charge in [0.2, 0.25) is 5.91 Å². The number of nitrogens with zero attached hydrogens (tertiary/aromatic N) is 4. The fourth-order valence-corrected chi connectivity index (χ4v) is 4.06. The normalized spacial score (nSPS) is 14.9. The van der Waals surface area contributed by atoms with Gasteiger partial charge in [0.1, 0.15) is 5.82 Å². The monoisotopic (exact) mass is 390 g/mol. The molecular weight excluding hydrogens is 364 g/mol. The number of benzene rings is 2. The van der Waals surface area contributed by atoms with Crippen LogP contribution in [0.3, 0.4) is 0 Å². The summed E-state index contributed by atoms with van der Waals surface area (Å²) in [5.41, 5.74) is 2.92. The SMILES string of the molecule is Cc1cccc(CC(=O)N2CCC(c3nn(C)c(=O)n3-c3ccccc3)CC2)c1. The van der Waals surface area contributed by atoms with Crippen LogP contribution in [0.1, 0.15) is 35.7 Å². The molecule has 0 unspecified atom stereocenters. The molecule has 0 aliphatic carbocycles. The van der Waals surface area contributed by atoms with Gasteiger partial charge in [0.25, 0.3) is 0 Å². The van der Waals surface area contributed by atoms with Crippen LogP contribution in [0.15, 0.2) is 59.4 Å². The van der Waals surface area contributed by atoms with E-state index in [0.29, 0.717) is 19.5 Å². The Labute approximate surface area is 170 Å². The first kappa shape index (κ1) is 19.2. The number of likely N-dealkylation sites (tertiary alicyclic amines) is 1. The minimum absolute atomic E-state index is 0.135. The molecule has 29 heavy (non-hydrogen) atoms. The van der Waals surface area contributed by atoms with E-state index in [-0.39, 0.29) is 17.5 Å². The second kappa shape index (κ2) is 8.07. The van der Waals surface area contributed by atoms with Gasteiger partial charge in [-0.2, -0.15) is 5.10 Å². The third-order valence-electron chi connectivity index (χ3n) is 5.61. The molecule has 2 heterocycles. The average Bonchev–Trinajstić information content (AvgIpc) is 3.03. The lowest BCUT2D eigenvalue weighted by Gasteiger charge is -2.31. The molecule has 150 valence electrons.